The molecule has 0 aliphatic rings. The molecule has 3 nitrogen and oxygen atoms in total. The third-order valence-electron chi connectivity index (χ3n) is 2.17. The minimum atomic E-state index is -0.242. The van der Waals surface area contributed by atoms with Gasteiger partial charge in [0.25, 0.3) is 0 Å². The van der Waals surface area contributed by atoms with Gasteiger partial charge in [0.2, 0.25) is 0 Å². The van der Waals surface area contributed by atoms with Crippen molar-refractivity contribution in [1.82, 2.24) is 15.0 Å². The topological polar surface area (TPSA) is 38.7 Å². The Morgan fingerprint density at radius 1 is 0.882 bits per heavy atom. The molecule has 2 rings (SSSR count). The molecule has 0 bridgehead atoms. The summed E-state index contributed by atoms with van der Waals surface area (Å²) in [5, 5.41) is 0. The average molecular weight is 229 g/mol. The number of rotatable bonds is 2. The fraction of sp³-hybridized carbons (Fsp3) is 0.154. The maximum Gasteiger partial charge on any atom is 0.156 e. The number of benzene rings is 1. The Bertz CT molecular complexity index is 527. The summed E-state index contributed by atoms with van der Waals surface area (Å²) in [5.74, 6) is 1.75. The molecule has 0 aliphatic carbocycles. The van der Waals surface area contributed by atoms with Gasteiger partial charge < -0.3 is 0 Å². The third kappa shape index (κ3) is 3.17. The molecule has 2 aromatic rings. The van der Waals surface area contributed by atoms with Gasteiger partial charge in [-0.2, -0.15) is 0 Å². The van der Waals surface area contributed by atoms with Crippen LogP contribution in [-0.4, -0.2) is 15.0 Å². The van der Waals surface area contributed by atoms with Crippen molar-refractivity contribution < 1.29 is 4.39 Å². The predicted octanol–water partition coefficient (Wildman–Crippen LogP) is 2.80. The van der Waals surface area contributed by atoms with E-state index in [-0.39, 0.29) is 5.82 Å². The second-order valence-corrected chi connectivity index (χ2v) is 3.67. The number of hydrogen-bond acceptors (Lipinski definition) is 3. The fourth-order valence-corrected chi connectivity index (χ4v) is 1.46. The lowest BCUT2D eigenvalue weighted by molar-refractivity contribution is 0.628. The van der Waals surface area contributed by atoms with Crippen LogP contribution in [0.15, 0.2) is 24.3 Å². The average Bonchev–Trinajstić information content (AvgIpc) is 2.27. The summed E-state index contributed by atoms with van der Waals surface area (Å²) in [7, 11) is 0. The zero-order chi connectivity index (χ0) is 12.3. The van der Waals surface area contributed by atoms with Gasteiger partial charge in [0.15, 0.2) is 5.82 Å². The Morgan fingerprint density at radius 2 is 1.47 bits per heavy atom. The highest BCUT2D eigenvalue weighted by Gasteiger charge is 1.96. The van der Waals surface area contributed by atoms with Crippen LogP contribution >= 0.6 is 0 Å². The highest BCUT2D eigenvalue weighted by Crippen LogP contribution is 2.07. The van der Waals surface area contributed by atoms with Gasteiger partial charge >= 0.3 is 0 Å². The van der Waals surface area contributed by atoms with E-state index in [4.69, 9.17) is 0 Å². The second kappa shape index (κ2) is 4.82. The zero-order valence-corrected chi connectivity index (χ0v) is 9.68. The Labute approximate surface area is 99.1 Å². The number of aryl methyl sites for hydroxylation is 2. The van der Waals surface area contributed by atoms with E-state index in [0.29, 0.717) is 17.5 Å². The Kier molecular flexibility index (Phi) is 3.23. The number of hydrogen-bond donors (Lipinski definition) is 0. The maximum atomic E-state index is 12.7. The fourth-order valence-electron chi connectivity index (χ4n) is 1.46. The van der Waals surface area contributed by atoms with E-state index in [1.54, 1.807) is 18.2 Å². The van der Waals surface area contributed by atoms with Crippen LogP contribution in [0.2, 0.25) is 0 Å². The van der Waals surface area contributed by atoms with Gasteiger partial charge in [-0.1, -0.05) is 18.2 Å². The second-order valence-electron chi connectivity index (χ2n) is 3.67. The molecule has 4 heteroatoms. The molecule has 0 atom stereocenters. The molecule has 0 saturated carbocycles. The maximum absolute atomic E-state index is 12.7. The van der Waals surface area contributed by atoms with Gasteiger partial charge in [-0.25, -0.2) is 19.3 Å². The number of nitrogens with zero attached hydrogens (tertiary/aromatic N) is 3. The predicted molar refractivity (Wildman–Crippen MR) is 64.6 cm³/mol. The van der Waals surface area contributed by atoms with Crippen molar-refractivity contribution in [3.8, 4) is 0 Å². The van der Waals surface area contributed by atoms with Crippen LogP contribution in [0.25, 0.3) is 12.2 Å². The van der Waals surface area contributed by atoms with Crippen LogP contribution in [0.5, 0.6) is 0 Å². The quantitative estimate of drug-likeness (QED) is 0.794. The molecular weight excluding hydrogens is 217 g/mol. The highest BCUT2D eigenvalue weighted by molar-refractivity contribution is 5.66. The van der Waals surface area contributed by atoms with Crippen LogP contribution in [0.4, 0.5) is 4.39 Å². The lowest BCUT2D eigenvalue weighted by atomic mass is 10.2. The molecule has 0 N–H and O–H groups in total. The largest absolute Gasteiger partial charge is 0.219 e. The number of halogens is 1. The van der Waals surface area contributed by atoms with E-state index in [1.165, 1.54) is 12.1 Å². The molecule has 86 valence electrons. The minimum absolute atomic E-state index is 0.242. The normalized spacial score (nSPS) is 11.0. The van der Waals surface area contributed by atoms with Crippen molar-refractivity contribution in [3.63, 3.8) is 0 Å². The molecule has 0 spiro atoms. The molecule has 17 heavy (non-hydrogen) atoms. The summed E-state index contributed by atoms with van der Waals surface area (Å²) in [4.78, 5) is 12.5. The molecular formula is C13H12FN3. The van der Waals surface area contributed by atoms with Crippen LogP contribution in [0.1, 0.15) is 23.0 Å². The number of aromatic nitrogens is 3. The van der Waals surface area contributed by atoms with E-state index in [0.717, 1.165) is 5.56 Å². The molecule has 0 fully saturated rings. The highest BCUT2D eigenvalue weighted by atomic mass is 19.1. The van der Waals surface area contributed by atoms with Crippen LogP contribution in [-0.2, 0) is 0 Å². The minimum Gasteiger partial charge on any atom is -0.219 e. The smallest absolute Gasteiger partial charge is 0.156 e. The van der Waals surface area contributed by atoms with Crippen LogP contribution in [0.3, 0.4) is 0 Å². The lowest BCUT2D eigenvalue weighted by Crippen LogP contribution is -1.98. The molecule has 0 amide bonds. The molecule has 0 aliphatic heterocycles. The standard InChI is InChI=1S/C13H12FN3/c1-9-15-10(2)17-13(16-9)8-5-11-3-6-12(14)7-4-11/h3-8H,1-2H3. The molecule has 0 saturated heterocycles. The van der Waals surface area contributed by atoms with Crippen LogP contribution in [0, 0.1) is 19.7 Å². The van der Waals surface area contributed by atoms with Gasteiger partial charge in [-0.05, 0) is 37.6 Å². The van der Waals surface area contributed by atoms with Crippen molar-refractivity contribution in [2.75, 3.05) is 0 Å². The van der Waals surface area contributed by atoms with Gasteiger partial charge in [0.05, 0.1) is 0 Å². The van der Waals surface area contributed by atoms with E-state index in [2.05, 4.69) is 15.0 Å². The van der Waals surface area contributed by atoms with E-state index in [9.17, 15) is 4.39 Å². The van der Waals surface area contributed by atoms with Gasteiger partial charge in [0.1, 0.15) is 17.5 Å². The first-order chi connectivity index (χ1) is 8.13. The van der Waals surface area contributed by atoms with Gasteiger partial charge in [0, 0.05) is 0 Å². The van der Waals surface area contributed by atoms with E-state index >= 15 is 0 Å². The summed E-state index contributed by atoms with van der Waals surface area (Å²) < 4.78 is 12.7. The zero-order valence-electron chi connectivity index (χ0n) is 9.68. The van der Waals surface area contributed by atoms with Crippen molar-refractivity contribution in [2.24, 2.45) is 0 Å². The van der Waals surface area contributed by atoms with Crippen LogP contribution < -0.4 is 0 Å². The molecule has 1 heterocycles. The first-order valence-electron chi connectivity index (χ1n) is 5.26. The molecule has 1 aromatic carbocycles. The molecule has 0 radical (unpaired) electrons. The monoisotopic (exact) mass is 229 g/mol. The molecule has 0 unspecified atom stereocenters. The van der Waals surface area contributed by atoms with Gasteiger partial charge in [-0.3, -0.25) is 0 Å². The SMILES string of the molecule is Cc1nc(C)nc(C=Cc2ccc(F)cc2)n1. The van der Waals surface area contributed by atoms with E-state index in [1.807, 2.05) is 19.9 Å². The summed E-state index contributed by atoms with van der Waals surface area (Å²) in [6.07, 6.45) is 3.63. The summed E-state index contributed by atoms with van der Waals surface area (Å²) in [6.45, 7) is 3.65. The summed E-state index contributed by atoms with van der Waals surface area (Å²) in [5.41, 5.74) is 0.905. The summed E-state index contributed by atoms with van der Waals surface area (Å²) >= 11 is 0. The Hall–Kier alpha value is -2.10. The first kappa shape index (κ1) is 11.4. The third-order valence-corrected chi connectivity index (χ3v) is 2.17. The van der Waals surface area contributed by atoms with Crippen molar-refractivity contribution in [3.05, 3.63) is 53.1 Å². The lowest BCUT2D eigenvalue weighted by Gasteiger charge is -1.97. The Balaban J connectivity index is 2.22. The molecule has 1 aromatic heterocycles. The van der Waals surface area contributed by atoms with Crippen molar-refractivity contribution in [2.45, 2.75) is 13.8 Å². The Morgan fingerprint density at radius 3 is 2.06 bits per heavy atom. The van der Waals surface area contributed by atoms with Gasteiger partial charge in [-0.15, -0.1) is 0 Å². The first-order valence-corrected chi connectivity index (χ1v) is 5.26. The van der Waals surface area contributed by atoms with Crippen molar-refractivity contribution >= 4 is 12.2 Å². The van der Waals surface area contributed by atoms with Crippen molar-refractivity contribution in [1.29, 1.82) is 0 Å². The summed E-state index contributed by atoms with van der Waals surface area (Å²) in [6, 6.07) is 6.24. The van der Waals surface area contributed by atoms with E-state index < -0.39 is 0 Å².